The van der Waals surface area contributed by atoms with Crippen LogP contribution in [0.25, 0.3) is 6.08 Å². The van der Waals surface area contributed by atoms with Gasteiger partial charge in [0.25, 0.3) is 0 Å². The van der Waals surface area contributed by atoms with Gasteiger partial charge in [-0.1, -0.05) is 18.2 Å². The van der Waals surface area contributed by atoms with Gasteiger partial charge in [0.2, 0.25) is 0 Å². The number of hydrogen-bond acceptors (Lipinski definition) is 2. The maximum atomic E-state index is 13.6. The summed E-state index contributed by atoms with van der Waals surface area (Å²) in [7, 11) is 1.92. The SMILES string of the molecule is CN(Cc1cc(F)cc(C=CC(=O)O)c1)c1ccccc1. The average molecular weight is 285 g/mol. The third-order valence-corrected chi connectivity index (χ3v) is 3.01. The van der Waals surface area contributed by atoms with Crippen LogP contribution in [0.15, 0.2) is 54.6 Å². The number of carboxylic acid groups (broad SMARTS) is 1. The first-order valence-electron chi connectivity index (χ1n) is 6.51. The summed E-state index contributed by atoms with van der Waals surface area (Å²) in [5, 5.41) is 8.62. The first-order valence-corrected chi connectivity index (χ1v) is 6.51. The number of aliphatic carboxylic acids is 1. The highest BCUT2D eigenvalue weighted by molar-refractivity contribution is 5.85. The summed E-state index contributed by atoms with van der Waals surface area (Å²) in [6, 6.07) is 14.3. The van der Waals surface area contributed by atoms with Gasteiger partial charge in [-0.15, -0.1) is 0 Å². The van der Waals surface area contributed by atoms with E-state index in [-0.39, 0.29) is 5.82 Å². The molecule has 0 amide bonds. The third-order valence-electron chi connectivity index (χ3n) is 3.01. The summed E-state index contributed by atoms with van der Waals surface area (Å²) >= 11 is 0. The van der Waals surface area contributed by atoms with Gasteiger partial charge in [-0.05, 0) is 47.5 Å². The monoisotopic (exact) mass is 285 g/mol. The summed E-state index contributed by atoms with van der Waals surface area (Å²) in [5.74, 6) is -1.43. The van der Waals surface area contributed by atoms with Crippen LogP contribution in [-0.2, 0) is 11.3 Å². The first kappa shape index (κ1) is 14.8. The molecule has 0 aliphatic carbocycles. The van der Waals surface area contributed by atoms with Gasteiger partial charge in [0.1, 0.15) is 5.82 Å². The minimum Gasteiger partial charge on any atom is -0.478 e. The van der Waals surface area contributed by atoms with Crippen molar-refractivity contribution in [1.82, 2.24) is 0 Å². The summed E-state index contributed by atoms with van der Waals surface area (Å²) in [6.45, 7) is 0.537. The van der Waals surface area contributed by atoms with Crippen molar-refractivity contribution in [1.29, 1.82) is 0 Å². The van der Waals surface area contributed by atoms with Gasteiger partial charge in [-0.2, -0.15) is 0 Å². The van der Waals surface area contributed by atoms with Crippen LogP contribution < -0.4 is 4.90 Å². The first-order chi connectivity index (χ1) is 10.0. The smallest absolute Gasteiger partial charge is 0.328 e. The van der Waals surface area contributed by atoms with E-state index >= 15 is 0 Å². The van der Waals surface area contributed by atoms with Crippen molar-refractivity contribution < 1.29 is 14.3 Å². The van der Waals surface area contributed by atoms with Gasteiger partial charge < -0.3 is 10.0 Å². The number of rotatable bonds is 5. The largest absolute Gasteiger partial charge is 0.478 e. The van der Waals surface area contributed by atoms with Crippen molar-refractivity contribution in [2.75, 3.05) is 11.9 Å². The highest BCUT2D eigenvalue weighted by Gasteiger charge is 2.04. The molecule has 0 bridgehead atoms. The Hall–Kier alpha value is -2.62. The van der Waals surface area contributed by atoms with Crippen molar-refractivity contribution in [2.45, 2.75) is 6.54 Å². The number of carboxylic acids is 1. The molecule has 2 aromatic carbocycles. The van der Waals surface area contributed by atoms with E-state index in [1.165, 1.54) is 18.2 Å². The molecule has 0 heterocycles. The highest BCUT2D eigenvalue weighted by Crippen LogP contribution is 2.17. The molecule has 0 fully saturated rings. The zero-order valence-electron chi connectivity index (χ0n) is 11.7. The molecule has 0 atom stereocenters. The minimum atomic E-state index is -1.05. The van der Waals surface area contributed by atoms with Crippen LogP contribution in [0.1, 0.15) is 11.1 Å². The third kappa shape index (κ3) is 4.45. The Bertz CT molecular complexity index is 653. The molecule has 0 saturated carbocycles. The molecule has 0 aromatic heterocycles. The van der Waals surface area contributed by atoms with Crippen LogP contribution >= 0.6 is 0 Å². The van der Waals surface area contributed by atoms with Crippen LogP contribution in [0, 0.1) is 5.82 Å². The van der Waals surface area contributed by atoms with E-state index in [9.17, 15) is 9.18 Å². The second-order valence-corrected chi connectivity index (χ2v) is 4.76. The van der Waals surface area contributed by atoms with Gasteiger partial charge >= 0.3 is 5.97 Å². The average Bonchev–Trinajstić information content (AvgIpc) is 2.45. The molecular formula is C17H16FNO2. The van der Waals surface area contributed by atoms with Crippen molar-refractivity contribution in [3.63, 3.8) is 0 Å². The van der Waals surface area contributed by atoms with Crippen LogP contribution in [0.5, 0.6) is 0 Å². The standard InChI is InChI=1S/C17H16FNO2/c1-19(16-5-3-2-4-6-16)12-14-9-13(7-8-17(20)21)10-15(18)11-14/h2-11H,12H2,1H3,(H,20,21). The lowest BCUT2D eigenvalue weighted by Crippen LogP contribution is -2.16. The number of halogens is 1. The number of anilines is 1. The molecular weight excluding hydrogens is 269 g/mol. The number of nitrogens with zero attached hydrogens (tertiary/aromatic N) is 1. The molecule has 0 spiro atoms. The molecule has 0 aliphatic rings. The predicted molar refractivity (Wildman–Crippen MR) is 81.6 cm³/mol. The second kappa shape index (κ2) is 6.70. The molecule has 3 nitrogen and oxygen atoms in total. The molecule has 108 valence electrons. The van der Waals surface area contributed by atoms with E-state index in [2.05, 4.69) is 0 Å². The van der Waals surface area contributed by atoms with Gasteiger partial charge in [-0.3, -0.25) is 0 Å². The van der Waals surface area contributed by atoms with Crippen LogP contribution in [0.4, 0.5) is 10.1 Å². The lowest BCUT2D eigenvalue weighted by molar-refractivity contribution is -0.131. The fourth-order valence-electron chi connectivity index (χ4n) is 2.08. The van der Waals surface area contributed by atoms with E-state index in [1.54, 1.807) is 6.07 Å². The molecule has 2 aromatic rings. The van der Waals surface area contributed by atoms with Crippen molar-refractivity contribution in [2.24, 2.45) is 0 Å². The van der Waals surface area contributed by atoms with Gasteiger partial charge in [-0.25, -0.2) is 9.18 Å². The molecule has 4 heteroatoms. The quantitative estimate of drug-likeness (QED) is 0.854. The van der Waals surface area contributed by atoms with E-state index in [4.69, 9.17) is 5.11 Å². The molecule has 0 unspecified atom stereocenters. The maximum Gasteiger partial charge on any atom is 0.328 e. The Morgan fingerprint density at radius 2 is 1.95 bits per heavy atom. The molecule has 0 radical (unpaired) electrons. The van der Waals surface area contributed by atoms with E-state index in [1.807, 2.05) is 42.3 Å². The summed E-state index contributed by atoms with van der Waals surface area (Å²) in [4.78, 5) is 12.5. The molecule has 0 saturated heterocycles. The normalized spacial score (nSPS) is 10.8. The fourth-order valence-corrected chi connectivity index (χ4v) is 2.08. The minimum absolute atomic E-state index is 0.376. The molecule has 0 aliphatic heterocycles. The van der Waals surface area contributed by atoms with Crippen LogP contribution in [0.2, 0.25) is 0 Å². The highest BCUT2D eigenvalue weighted by atomic mass is 19.1. The molecule has 2 rings (SSSR count). The second-order valence-electron chi connectivity index (χ2n) is 4.76. The van der Waals surface area contributed by atoms with Crippen molar-refractivity contribution in [3.8, 4) is 0 Å². The topological polar surface area (TPSA) is 40.5 Å². The van der Waals surface area contributed by atoms with Crippen LogP contribution in [-0.4, -0.2) is 18.1 Å². The molecule has 21 heavy (non-hydrogen) atoms. The Labute approximate surface area is 123 Å². The van der Waals surface area contributed by atoms with Crippen molar-refractivity contribution in [3.05, 3.63) is 71.6 Å². The predicted octanol–water partition coefficient (Wildman–Crippen LogP) is 3.56. The summed E-state index contributed by atoms with van der Waals surface area (Å²) in [6.07, 6.45) is 2.39. The Morgan fingerprint density at radius 1 is 1.24 bits per heavy atom. The van der Waals surface area contributed by atoms with E-state index in [0.29, 0.717) is 12.1 Å². The van der Waals surface area contributed by atoms with Gasteiger partial charge in [0.05, 0.1) is 0 Å². The Morgan fingerprint density at radius 3 is 2.62 bits per heavy atom. The van der Waals surface area contributed by atoms with E-state index < -0.39 is 5.97 Å². The van der Waals surface area contributed by atoms with Crippen molar-refractivity contribution >= 4 is 17.7 Å². The lowest BCUT2D eigenvalue weighted by atomic mass is 10.1. The number of hydrogen-bond donors (Lipinski definition) is 1. The van der Waals surface area contributed by atoms with E-state index in [0.717, 1.165) is 17.3 Å². The van der Waals surface area contributed by atoms with Gasteiger partial charge in [0.15, 0.2) is 0 Å². The Balaban J connectivity index is 2.18. The zero-order chi connectivity index (χ0) is 15.2. The summed E-state index contributed by atoms with van der Waals surface area (Å²) < 4.78 is 13.6. The number of benzene rings is 2. The van der Waals surface area contributed by atoms with Crippen LogP contribution in [0.3, 0.4) is 0 Å². The Kier molecular flexibility index (Phi) is 4.72. The number of carbonyl (C=O) groups is 1. The fraction of sp³-hybridized carbons (Fsp3) is 0.118. The molecule has 1 N–H and O–H groups in total. The lowest BCUT2D eigenvalue weighted by Gasteiger charge is -2.19. The number of para-hydroxylation sites is 1. The summed E-state index contributed by atoms with van der Waals surface area (Å²) in [5.41, 5.74) is 2.35. The van der Waals surface area contributed by atoms with Gasteiger partial charge in [0, 0.05) is 25.4 Å². The maximum absolute atomic E-state index is 13.6. The zero-order valence-corrected chi connectivity index (χ0v) is 11.7.